The van der Waals surface area contributed by atoms with Crippen LogP contribution in [-0.2, 0) is 4.79 Å². The molecule has 2 aliphatic rings. The molecule has 0 bridgehead atoms. The third-order valence-corrected chi connectivity index (χ3v) is 5.61. The first-order chi connectivity index (χ1) is 13.6. The molecule has 0 unspecified atom stereocenters. The van der Waals surface area contributed by atoms with Crippen LogP contribution >= 0.6 is 0 Å². The van der Waals surface area contributed by atoms with E-state index in [-0.39, 0.29) is 17.7 Å². The quantitative estimate of drug-likeness (QED) is 0.787. The van der Waals surface area contributed by atoms with Gasteiger partial charge < -0.3 is 10.2 Å². The minimum atomic E-state index is -0.232. The smallest absolute Gasteiger partial charge is 0.242 e. The van der Waals surface area contributed by atoms with Crippen molar-refractivity contribution in [2.24, 2.45) is 0 Å². The van der Waals surface area contributed by atoms with Crippen LogP contribution in [0, 0.1) is 0 Å². The molecule has 1 saturated heterocycles. The lowest BCUT2D eigenvalue weighted by Crippen LogP contribution is -2.51. The molecule has 2 fully saturated rings. The van der Waals surface area contributed by atoms with Gasteiger partial charge in [-0.25, -0.2) is 0 Å². The van der Waals surface area contributed by atoms with Gasteiger partial charge >= 0.3 is 0 Å². The Morgan fingerprint density at radius 2 is 1.57 bits per heavy atom. The van der Waals surface area contributed by atoms with E-state index >= 15 is 0 Å². The number of carbonyl (C=O) groups excluding carboxylic acids is 2. The van der Waals surface area contributed by atoms with Gasteiger partial charge in [-0.05, 0) is 49.6 Å². The summed E-state index contributed by atoms with van der Waals surface area (Å²) in [4.78, 5) is 29.0. The maximum atomic E-state index is 12.9. The molecular weight excluding hydrogens is 350 g/mol. The van der Waals surface area contributed by atoms with Crippen molar-refractivity contribution in [3.05, 3.63) is 65.7 Å². The first-order valence-electron chi connectivity index (χ1n) is 10.1. The van der Waals surface area contributed by atoms with E-state index in [1.165, 1.54) is 0 Å². The Hall–Kier alpha value is -2.66. The lowest BCUT2D eigenvalue weighted by atomic mass is 10.0. The molecule has 2 aromatic carbocycles. The molecule has 5 heteroatoms. The van der Waals surface area contributed by atoms with Crippen molar-refractivity contribution in [2.45, 2.75) is 31.8 Å². The van der Waals surface area contributed by atoms with Gasteiger partial charge in [-0.2, -0.15) is 0 Å². The molecule has 0 radical (unpaired) electrons. The normalized spacial score (nSPS) is 18.5. The second-order valence-electron chi connectivity index (χ2n) is 7.72. The number of anilines is 1. The lowest BCUT2D eigenvalue weighted by Gasteiger charge is -2.39. The number of hydrogen-bond donors (Lipinski definition) is 1. The largest absolute Gasteiger partial charge is 0.369 e. The Bertz CT molecular complexity index is 823. The van der Waals surface area contributed by atoms with Crippen molar-refractivity contribution in [3.8, 4) is 0 Å². The van der Waals surface area contributed by atoms with Crippen LogP contribution in [0.15, 0.2) is 54.6 Å². The number of nitrogens with one attached hydrogen (secondary N) is 1. The van der Waals surface area contributed by atoms with Crippen molar-refractivity contribution in [2.75, 3.05) is 31.1 Å². The fourth-order valence-corrected chi connectivity index (χ4v) is 3.82. The van der Waals surface area contributed by atoms with Gasteiger partial charge in [0, 0.05) is 43.5 Å². The number of piperazine rings is 1. The summed E-state index contributed by atoms with van der Waals surface area (Å²) in [7, 11) is 0. The standard InChI is InChI=1S/C23H27N3O2/c1-17(27)18-7-11-21(12-8-18)25-13-15-26(16-14-25)22(19-5-3-2-4-6-19)23(28)24-20-9-10-20/h2-8,11-12,20,22H,9-10,13-16H2,1H3,(H,24,28)/t22-/m1/s1. The summed E-state index contributed by atoms with van der Waals surface area (Å²) in [6.45, 7) is 4.96. The van der Waals surface area contributed by atoms with Crippen molar-refractivity contribution in [1.29, 1.82) is 0 Å². The third kappa shape index (κ3) is 4.25. The Balaban J connectivity index is 1.45. The van der Waals surface area contributed by atoms with Gasteiger partial charge in [0.1, 0.15) is 6.04 Å². The van der Waals surface area contributed by atoms with Crippen molar-refractivity contribution in [1.82, 2.24) is 10.2 Å². The van der Waals surface area contributed by atoms with E-state index in [0.717, 1.165) is 55.8 Å². The fraction of sp³-hybridized carbons (Fsp3) is 0.391. The molecule has 1 heterocycles. The zero-order valence-corrected chi connectivity index (χ0v) is 16.3. The van der Waals surface area contributed by atoms with Crippen LogP contribution < -0.4 is 10.2 Å². The predicted molar refractivity (Wildman–Crippen MR) is 111 cm³/mol. The van der Waals surface area contributed by atoms with E-state index in [9.17, 15) is 9.59 Å². The Labute approximate surface area is 166 Å². The van der Waals surface area contributed by atoms with Crippen molar-refractivity contribution in [3.63, 3.8) is 0 Å². The second kappa shape index (κ2) is 8.15. The van der Waals surface area contributed by atoms with E-state index in [4.69, 9.17) is 0 Å². The van der Waals surface area contributed by atoms with E-state index in [2.05, 4.69) is 15.1 Å². The average molecular weight is 377 g/mol. The summed E-state index contributed by atoms with van der Waals surface area (Å²) in [5, 5.41) is 3.18. The minimum Gasteiger partial charge on any atom is -0.369 e. The molecule has 1 aliphatic heterocycles. The maximum Gasteiger partial charge on any atom is 0.242 e. The van der Waals surface area contributed by atoms with Crippen LogP contribution in [0.4, 0.5) is 5.69 Å². The summed E-state index contributed by atoms with van der Waals surface area (Å²) in [6.07, 6.45) is 2.19. The summed E-state index contributed by atoms with van der Waals surface area (Å²) in [5.74, 6) is 0.205. The zero-order chi connectivity index (χ0) is 19.5. The van der Waals surface area contributed by atoms with Gasteiger partial charge in [-0.1, -0.05) is 30.3 Å². The first kappa shape index (κ1) is 18.7. The summed E-state index contributed by atoms with van der Waals surface area (Å²) >= 11 is 0. The van der Waals surface area contributed by atoms with E-state index in [1.54, 1.807) is 6.92 Å². The van der Waals surface area contributed by atoms with Crippen LogP contribution in [0.2, 0.25) is 0 Å². The molecule has 28 heavy (non-hydrogen) atoms. The number of carbonyl (C=O) groups is 2. The summed E-state index contributed by atoms with van der Waals surface area (Å²) in [6, 6.07) is 18.0. The molecule has 146 valence electrons. The van der Waals surface area contributed by atoms with Gasteiger partial charge in [0.2, 0.25) is 5.91 Å². The second-order valence-corrected chi connectivity index (χ2v) is 7.72. The van der Waals surface area contributed by atoms with E-state index in [1.807, 2.05) is 54.6 Å². The van der Waals surface area contributed by atoms with Crippen molar-refractivity contribution >= 4 is 17.4 Å². The molecule has 1 aliphatic carbocycles. The highest BCUT2D eigenvalue weighted by molar-refractivity contribution is 5.94. The van der Waals surface area contributed by atoms with Gasteiger partial charge in [-0.3, -0.25) is 14.5 Å². The van der Waals surface area contributed by atoms with Crippen LogP contribution in [-0.4, -0.2) is 48.8 Å². The first-order valence-corrected chi connectivity index (χ1v) is 10.1. The highest BCUT2D eigenvalue weighted by Crippen LogP contribution is 2.27. The SMILES string of the molecule is CC(=O)c1ccc(N2CCN([C@@H](C(=O)NC3CC3)c3ccccc3)CC2)cc1. The minimum absolute atomic E-state index is 0.0868. The van der Waals surface area contributed by atoms with E-state index in [0.29, 0.717) is 6.04 Å². The fourth-order valence-electron chi connectivity index (χ4n) is 3.82. The Kier molecular flexibility index (Phi) is 5.44. The maximum absolute atomic E-state index is 12.9. The molecular formula is C23H27N3O2. The molecule has 1 N–H and O–H groups in total. The highest BCUT2D eigenvalue weighted by Gasteiger charge is 2.33. The average Bonchev–Trinajstić information content (AvgIpc) is 3.53. The molecule has 1 saturated carbocycles. The number of hydrogen-bond acceptors (Lipinski definition) is 4. The number of Topliss-reactive ketones (excluding diaryl/α,β-unsaturated/α-hetero) is 1. The van der Waals surface area contributed by atoms with Crippen LogP contribution in [0.5, 0.6) is 0 Å². The van der Waals surface area contributed by atoms with Gasteiger partial charge in [0.25, 0.3) is 0 Å². The molecule has 1 amide bonds. The predicted octanol–water partition coefficient (Wildman–Crippen LogP) is 3.03. The van der Waals surface area contributed by atoms with Crippen LogP contribution in [0.3, 0.4) is 0 Å². The summed E-state index contributed by atoms with van der Waals surface area (Å²) < 4.78 is 0. The monoisotopic (exact) mass is 377 g/mol. The van der Waals surface area contributed by atoms with E-state index < -0.39 is 0 Å². The van der Waals surface area contributed by atoms with Crippen LogP contribution in [0.25, 0.3) is 0 Å². The summed E-state index contributed by atoms with van der Waals surface area (Å²) in [5.41, 5.74) is 2.92. The highest BCUT2D eigenvalue weighted by atomic mass is 16.2. The molecule has 1 atom stereocenters. The van der Waals surface area contributed by atoms with Gasteiger partial charge in [0.05, 0.1) is 0 Å². The number of rotatable bonds is 6. The Morgan fingerprint density at radius 1 is 0.929 bits per heavy atom. The number of nitrogens with zero attached hydrogens (tertiary/aromatic N) is 2. The number of ketones is 1. The van der Waals surface area contributed by atoms with Gasteiger partial charge in [0.15, 0.2) is 5.78 Å². The third-order valence-electron chi connectivity index (χ3n) is 5.61. The zero-order valence-electron chi connectivity index (χ0n) is 16.3. The van der Waals surface area contributed by atoms with Gasteiger partial charge in [-0.15, -0.1) is 0 Å². The molecule has 5 nitrogen and oxygen atoms in total. The number of benzene rings is 2. The topological polar surface area (TPSA) is 52.7 Å². The van der Waals surface area contributed by atoms with Crippen LogP contribution in [0.1, 0.15) is 41.7 Å². The lowest BCUT2D eigenvalue weighted by molar-refractivity contribution is -0.127. The van der Waals surface area contributed by atoms with Crippen molar-refractivity contribution < 1.29 is 9.59 Å². The Morgan fingerprint density at radius 3 is 2.14 bits per heavy atom. The molecule has 4 rings (SSSR count). The molecule has 2 aromatic rings. The molecule has 0 aromatic heterocycles. The molecule has 0 spiro atoms. The number of amides is 1.